The number of aliphatic hydroxyl groups excluding tert-OH is 1. The van der Waals surface area contributed by atoms with E-state index in [1.807, 2.05) is 42.6 Å². The third-order valence-electron chi connectivity index (χ3n) is 3.62. The number of rotatable bonds is 7. The van der Waals surface area contributed by atoms with Crippen molar-refractivity contribution in [1.82, 2.24) is 9.97 Å². The maximum absolute atomic E-state index is 12.3. The molecule has 0 fully saturated rings. The van der Waals surface area contributed by atoms with E-state index < -0.39 is 0 Å². The van der Waals surface area contributed by atoms with Gasteiger partial charge in [-0.1, -0.05) is 18.2 Å². The molecule has 0 saturated carbocycles. The number of hydrogen-bond donors (Lipinski definition) is 3. The van der Waals surface area contributed by atoms with E-state index in [4.69, 9.17) is 5.11 Å². The van der Waals surface area contributed by atoms with E-state index in [-0.39, 0.29) is 12.5 Å². The summed E-state index contributed by atoms with van der Waals surface area (Å²) in [5, 5.41) is 12.7. The largest absolute Gasteiger partial charge is 0.396 e. The van der Waals surface area contributed by atoms with Crippen LogP contribution in [-0.2, 0) is 17.0 Å². The Hall–Kier alpha value is -2.31. The summed E-state index contributed by atoms with van der Waals surface area (Å²) in [6, 6.07) is 11.7. The average molecular weight is 341 g/mol. The molecule has 0 atom stereocenters. The van der Waals surface area contributed by atoms with E-state index in [0.717, 1.165) is 27.8 Å². The lowest BCUT2D eigenvalue weighted by molar-refractivity contribution is -0.115. The van der Waals surface area contributed by atoms with Gasteiger partial charge in [0.1, 0.15) is 5.82 Å². The second-order valence-electron chi connectivity index (χ2n) is 5.41. The van der Waals surface area contributed by atoms with Gasteiger partial charge in [-0.25, -0.2) is 4.98 Å². The molecule has 1 amide bonds. The van der Waals surface area contributed by atoms with Gasteiger partial charge < -0.3 is 15.4 Å². The van der Waals surface area contributed by atoms with Crippen LogP contribution in [0.1, 0.15) is 11.1 Å². The highest BCUT2D eigenvalue weighted by Gasteiger charge is 2.09. The summed E-state index contributed by atoms with van der Waals surface area (Å²) >= 11 is 1.64. The lowest BCUT2D eigenvalue weighted by Gasteiger charge is -2.06. The molecule has 5 nitrogen and oxygen atoms in total. The van der Waals surface area contributed by atoms with Gasteiger partial charge in [0.2, 0.25) is 5.91 Å². The van der Waals surface area contributed by atoms with Crippen molar-refractivity contribution in [2.75, 3.05) is 17.7 Å². The first-order valence-electron chi connectivity index (χ1n) is 7.74. The molecule has 3 rings (SSSR count). The van der Waals surface area contributed by atoms with Crippen LogP contribution in [0, 0.1) is 0 Å². The van der Waals surface area contributed by atoms with Gasteiger partial charge in [-0.05, 0) is 29.3 Å². The van der Waals surface area contributed by atoms with Crippen LogP contribution in [0.3, 0.4) is 0 Å². The van der Waals surface area contributed by atoms with Crippen LogP contribution in [0.5, 0.6) is 0 Å². The minimum Gasteiger partial charge on any atom is -0.396 e. The highest BCUT2D eigenvalue weighted by atomic mass is 32.2. The summed E-state index contributed by atoms with van der Waals surface area (Å²) in [5.41, 5.74) is 3.07. The van der Waals surface area contributed by atoms with Crippen molar-refractivity contribution in [1.29, 1.82) is 0 Å². The fourth-order valence-corrected chi connectivity index (χ4v) is 3.21. The van der Waals surface area contributed by atoms with Gasteiger partial charge in [-0.3, -0.25) is 4.79 Å². The number of para-hydroxylation sites is 1. The number of H-pyrrole nitrogens is 1. The van der Waals surface area contributed by atoms with Gasteiger partial charge in [0.05, 0.1) is 13.0 Å². The van der Waals surface area contributed by atoms with Crippen LogP contribution in [0.4, 0.5) is 5.82 Å². The summed E-state index contributed by atoms with van der Waals surface area (Å²) in [7, 11) is 0. The van der Waals surface area contributed by atoms with E-state index in [0.29, 0.717) is 18.0 Å². The summed E-state index contributed by atoms with van der Waals surface area (Å²) in [6.45, 7) is 0.171. The van der Waals surface area contributed by atoms with Crippen molar-refractivity contribution in [2.45, 2.75) is 12.2 Å². The second-order valence-corrected chi connectivity index (χ2v) is 6.52. The second kappa shape index (κ2) is 7.99. The minimum atomic E-state index is -0.0904. The number of pyridine rings is 1. The number of aromatic amines is 1. The topological polar surface area (TPSA) is 78.0 Å². The molecule has 3 aromatic rings. The van der Waals surface area contributed by atoms with Crippen molar-refractivity contribution in [2.24, 2.45) is 0 Å². The molecule has 2 heterocycles. The fraction of sp³-hybridized carbons (Fsp3) is 0.222. The van der Waals surface area contributed by atoms with Crippen molar-refractivity contribution >= 4 is 34.4 Å². The zero-order chi connectivity index (χ0) is 16.8. The Bertz CT molecular complexity index is 832. The molecule has 2 aromatic heterocycles. The third kappa shape index (κ3) is 4.15. The molecule has 0 radical (unpaired) electrons. The molecule has 6 heteroatoms. The Labute approximate surface area is 144 Å². The molecule has 1 aromatic carbocycles. The number of benzene rings is 1. The summed E-state index contributed by atoms with van der Waals surface area (Å²) in [4.78, 5) is 19.7. The number of fused-ring (bicyclic) bond motifs is 1. The van der Waals surface area contributed by atoms with E-state index >= 15 is 0 Å². The number of anilines is 1. The summed E-state index contributed by atoms with van der Waals surface area (Å²) in [6.07, 6.45) is 3.87. The lowest BCUT2D eigenvalue weighted by atomic mass is 10.1. The molecule has 0 aliphatic rings. The van der Waals surface area contributed by atoms with E-state index in [1.165, 1.54) is 0 Å². The van der Waals surface area contributed by atoms with Crippen LogP contribution in [0.2, 0.25) is 0 Å². The molecule has 0 saturated heterocycles. The normalized spacial score (nSPS) is 10.9. The predicted octanol–water partition coefficient (Wildman–Crippen LogP) is 2.97. The Morgan fingerprint density at radius 2 is 2.17 bits per heavy atom. The Morgan fingerprint density at radius 3 is 3.04 bits per heavy atom. The van der Waals surface area contributed by atoms with Crippen molar-refractivity contribution < 1.29 is 9.90 Å². The first-order chi connectivity index (χ1) is 11.8. The van der Waals surface area contributed by atoms with Gasteiger partial charge >= 0.3 is 0 Å². The predicted molar refractivity (Wildman–Crippen MR) is 98.1 cm³/mol. The summed E-state index contributed by atoms with van der Waals surface area (Å²) < 4.78 is 0. The van der Waals surface area contributed by atoms with Crippen LogP contribution < -0.4 is 5.32 Å². The zero-order valence-corrected chi connectivity index (χ0v) is 14.0. The smallest absolute Gasteiger partial charge is 0.230 e. The number of carbonyl (C=O) groups is 1. The Balaban J connectivity index is 1.63. The number of amides is 1. The molecular formula is C18H19N3O2S. The molecule has 0 aliphatic heterocycles. The van der Waals surface area contributed by atoms with Gasteiger partial charge in [-0.15, -0.1) is 0 Å². The number of aliphatic hydroxyl groups is 1. The SMILES string of the molecule is O=C(Cc1c[nH]c2ccccc12)Nc1cc(CSCCO)ccn1. The maximum atomic E-state index is 12.3. The van der Waals surface area contributed by atoms with Gasteiger partial charge in [0, 0.05) is 34.8 Å². The molecular weight excluding hydrogens is 322 g/mol. The van der Waals surface area contributed by atoms with E-state index in [2.05, 4.69) is 15.3 Å². The van der Waals surface area contributed by atoms with E-state index in [9.17, 15) is 4.79 Å². The van der Waals surface area contributed by atoms with Crippen molar-refractivity contribution in [3.05, 3.63) is 59.9 Å². The Morgan fingerprint density at radius 1 is 1.29 bits per heavy atom. The van der Waals surface area contributed by atoms with Crippen LogP contribution in [0.25, 0.3) is 10.9 Å². The van der Waals surface area contributed by atoms with Crippen LogP contribution in [-0.4, -0.2) is 33.3 Å². The van der Waals surface area contributed by atoms with Gasteiger partial charge in [0.25, 0.3) is 0 Å². The quantitative estimate of drug-likeness (QED) is 0.577. The zero-order valence-electron chi connectivity index (χ0n) is 13.2. The molecule has 3 N–H and O–H groups in total. The number of thioether (sulfide) groups is 1. The number of nitrogens with one attached hydrogen (secondary N) is 2. The Kier molecular flexibility index (Phi) is 5.51. The van der Waals surface area contributed by atoms with Gasteiger partial charge in [0.15, 0.2) is 0 Å². The molecule has 24 heavy (non-hydrogen) atoms. The van der Waals surface area contributed by atoms with E-state index in [1.54, 1.807) is 18.0 Å². The molecule has 0 spiro atoms. The third-order valence-corrected chi connectivity index (χ3v) is 4.63. The lowest BCUT2D eigenvalue weighted by Crippen LogP contribution is -2.15. The number of aromatic nitrogens is 2. The highest BCUT2D eigenvalue weighted by molar-refractivity contribution is 7.98. The first kappa shape index (κ1) is 16.5. The highest BCUT2D eigenvalue weighted by Crippen LogP contribution is 2.19. The number of carbonyl (C=O) groups excluding carboxylic acids is 1. The first-order valence-corrected chi connectivity index (χ1v) is 8.90. The molecule has 0 unspecified atom stereocenters. The molecule has 124 valence electrons. The summed E-state index contributed by atoms with van der Waals surface area (Å²) in [5.74, 6) is 1.95. The monoisotopic (exact) mass is 341 g/mol. The van der Waals surface area contributed by atoms with Crippen LogP contribution >= 0.6 is 11.8 Å². The minimum absolute atomic E-state index is 0.0904. The van der Waals surface area contributed by atoms with Crippen molar-refractivity contribution in [3.8, 4) is 0 Å². The van der Waals surface area contributed by atoms with Crippen LogP contribution in [0.15, 0.2) is 48.8 Å². The molecule has 0 bridgehead atoms. The average Bonchev–Trinajstić information content (AvgIpc) is 2.99. The number of nitrogens with zero attached hydrogens (tertiary/aromatic N) is 1. The van der Waals surface area contributed by atoms with Crippen molar-refractivity contribution in [3.63, 3.8) is 0 Å². The number of hydrogen-bond acceptors (Lipinski definition) is 4. The maximum Gasteiger partial charge on any atom is 0.230 e. The van der Waals surface area contributed by atoms with Gasteiger partial charge in [-0.2, -0.15) is 11.8 Å². The molecule has 0 aliphatic carbocycles. The standard InChI is InChI=1S/C18H19N3O2S/c22-7-8-24-12-13-5-6-19-17(9-13)21-18(23)10-14-11-20-16-4-2-1-3-15(14)16/h1-6,9,11,20,22H,7-8,10,12H2,(H,19,21,23). The fourth-order valence-electron chi connectivity index (χ4n) is 2.52.